The summed E-state index contributed by atoms with van der Waals surface area (Å²) >= 11 is 0. The zero-order valence-corrected chi connectivity index (χ0v) is 10.2. The lowest BCUT2D eigenvalue weighted by Gasteiger charge is -2.21. The molecule has 0 bridgehead atoms. The van der Waals surface area contributed by atoms with Gasteiger partial charge in [-0.05, 0) is 37.1 Å². The Hall–Kier alpha value is -0.570. The molecule has 3 N–H and O–H groups in total. The lowest BCUT2D eigenvalue weighted by atomic mass is 9.92. The van der Waals surface area contributed by atoms with Gasteiger partial charge in [-0.15, -0.1) is 0 Å². The molecular formula is C12H24N2O. The Bertz CT molecular complexity index is 222. The van der Waals surface area contributed by atoms with Gasteiger partial charge in [0.25, 0.3) is 0 Å². The molecule has 0 aliphatic heterocycles. The summed E-state index contributed by atoms with van der Waals surface area (Å²) in [5.41, 5.74) is 5.83. The van der Waals surface area contributed by atoms with Crippen LogP contribution in [0.15, 0.2) is 0 Å². The fraction of sp³-hybridized carbons (Fsp3) is 0.917. The van der Waals surface area contributed by atoms with Gasteiger partial charge in [0.05, 0.1) is 0 Å². The molecule has 1 aliphatic carbocycles. The van der Waals surface area contributed by atoms with E-state index in [4.69, 9.17) is 5.73 Å². The Morgan fingerprint density at radius 2 is 2.00 bits per heavy atom. The van der Waals surface area contributed by atoms with Gasteiger partial charge in [0.2, 0.25) is 5.91 Å². The highest BCUT2D eigenvalue weighted by Gasteiger charge is 2.45. The average molecular weight is 212 g/mol. The lowest BCUT2D eigenvalue weighted by molar-refractivity contribution is -0.124. The molecule has 1 aliphatic rings. The van der Waals surface area contributed by atoms with E-state index >= 15 is 0 Å². The average Bonchev–Trinajstić information content (AvgIpc) is 2.95. The standard InChI is InChI=1S/C12H24N2O/c1-9(2)12(5-6-12)8-14-11(15)10(3)4-7-13/h9-10H,4-8,13H2,1-3H3,(H,14,15). The highest BCUT2D eigenvalue weighted by atomic mass is 16.1. The van der Waals surface area contributed by atoms with Crippen molar-refractivity contribution in [2.75, 3.05) is 13.1 Å². The van der Waals surface area contributed by atoms with Crippen molar-refractivity contribution in [1.82, 2.24) is 5.32 Å². The summed E-state index contributed by atoms with van der Waals surface area (Å²) in [7, 11) is 0. The minimum atomic E-state index is 0.0537. The van der Waals surface area contributed by atoms with Crippen molar-refractivity contribution >= 4 is 5.91 Å². The number of hydrogen-bond acceptors (Lipinski definition) is 2. The molecule has 3 nitrogen and oxygen atoms in total. The summed E-state index contributed by atoms with van der Waals surface area (Å²) in [5, 5.41) is 3.06. The Kier molecular flexibility index (Phi) is 4.14. The molecule has 1 unspecified atom stereocenters. The van der Waals surface area contributed by atoms with Gasteiger partial charge in [0.1, 0.15) is 0 Å². The van der Waals surface area contributed by atoms with Crippen molar-refractivity contribution in [1.29, 1.82) is 0 Å². The zero-order valence-electron chi connectivity index (χ0n) is 10.2. The van der Waals surface area contributed by atoms with Crippen LogP contribution in [0.1, 0.15) is 40.0 Å². The monoisotopic (exact) mass is 212 g/mol. The van der Waals surface area contributed by atoms with E-state index in [2.05, 4.69) is 19.2 Å². The molecule has 0 heterocycles. The van der Waals surface area contributed by atoms with Crippen molar-refractivity contribution in [2.45, 2.75) is 40.0 Å². The largest absolute Gasteiger partial charge is 0.355 e. The molecule has 0 aromatic carbocycles. The van der Waals surface area contributed by atoms with E-state index in [1.165, 1.54) is 12.8 Å². The van der Waals surface area contributed by atoms with E-state index in [1.54, 1.807) is 0 Å². The molecular weight excluding hydrogens is 188 g/mol. The van der Waals surface area contributed by atoms with Crippen LogP contribution in [0.4, 0.5) is 0 Å². The van der Waals surface area contributed by atoms with Gasteiger partial charge in [-0.3, -0.25) is 4.79 Å². The predicted molar refractivity (Wildman–Crippen MR) is 62.4 cm³/mol. The van der Waals surface area contributed by atoms with E-state index in [-0.39, 0.29) is 11.8 Å². The van der Waals surface area contributed by atoms with Gasteiger partial charge in [-0.25, -0.2) is 0 Å². The first-order valence-corrected chi connectivity index (χ1v) is 5.99. The molecule has 88 valence electrons. The van der Waals surface area contributed by atoms with Crippen LogP contribution in [0, 0.1) is 17.3 Å². The smallest absolute Gasteiger partial charge is 0.222 e. The molecule has 3 heteroatoms. The van der Waals surface area contributed by atoms with Crippen molar-refractivity contribution in [3.05, 3.63) is 0 Å². The van der Waals surface area contributed by atoms with E-state index in [0.29, 0.717) is 17.9 Å². The van der Waals surface area contributed by atoms with Gasteiger partial charge in [0.15, 0.2) is 0 Å². The summed E-state index contributed by atoms with van der Waals surface area (Å²) in [6.07, 6.45) is 3.30. The summed E-state index contributed by atoms with van der Waals surface area (Å²) in [6.45, 7) is 7.85. The second kappa shape index (κ2) is 4.97. The van der Waals surface area contributed by atoms with Gasteiger partial charge in [-0.2, -0.15) is 0 Å². The number of nitrogens with one attached hydrogen (secondary N) is 1. The molecule has 0 saturated heterocycles. The highest BCUT2D eigenvalue weighted by Crippen LogP contribution is 2.51. The SMILES string of the molecule is CC(CCN)C(=O)NCC1(C(C)C)CC1. The number of hydrogen-bond donors (Lipinski definition) is 2. The molecule has 1 amide bonds. The molecule has 0 spiro atoms. The number of rotatable bonds is 6. The van der Waals surface area contributed by atoms with Crippen molar-refractivity contribution in [3.63, 3.8) is 0 Å². The van der Waals surface area contributed by atoms with Gasteiger partial charge >= 0.3 is 0 Å². The van der Waals surface area contributed by atoms with E-state index in [0.717, 1.165) is 13.0 Å². The van der Waals surface area contributed by atoms with Gasteiger partial charge in [0, 0.05) is 12.5 Å². The van der Waals surface area contributed by atoms with E-state index < -0.39 is 0 Å². The molecule has 0 aromatic rings. The molecule has 1 atom stereocenters. The number of amides is 1. The second-order valence-electron chi connectivity index (χ2n) is 5.21. The van der Waals surface area contributed by atoms with Crippen LogP contribution in [0.25, 0.3) is 0 Å². The molecule has 0 radical (unpaired) electrons. The Labute approximate surface area is 92.8 Å². The minimum Gasteiger partial charge on any atom is -0.355 e. The normalized spacial score (nSPS) is 20.1. The highest BCUT2D eigenvalue weighted by molar-refractivity contribution is 5.78. The first-order valence-electron chi connectivity index (χ1n) is 5.99. The maximum Gasteiger partial charge on any atom is 0.222 e. The summed E-state index contributed by atoms with van der Waals surface area (Å²) in [5.74, 6) is 0.882. The van der Waals surface area contributed by atoms with Crippen LogP contribution in [0.5, 0.6) is 0 Å². The van der Waals surface area contributed by atoms with Gasteiger partial charge < -0.3 is 11.1 Å². The molecule has 1 saturated carbocycles. The maximum absolute atomic E-state index is 11.7. The third kappa shape index (κ3) is 3.20. The third-order valence-corrected chi connectivity index (χ3v) is 3.78. The van der Waals surface area contributed by atoms with Crippen LogP contribution < -0.4 is 11.1 Å². The van der Waals surface area contributed by atoms with Crippen LogP contribution >= 0.6 is 0 Å². The van der Waals surface area contributed by atoms with Crippen molar-refractivity contribution < 1.29 is 4.79 Å². The first-order chi connectivity index (χ1) is 7.02. The minimum absolute atomic E-state index is 0.0537. The zero-order chi connectivity index (χ0) is 11.5. The molecule has 1 rings (SSSR count). The Morgan fingerprint density at radius 3 is 2.40 bits per heavy atom. The van der Waals surface area contributed by atoms with Crippen LogP contribution in [-0.2, 0) is 4.79 Å². The van der Waals surface area contributed by atoms with Crippen LogP contribution in [-0.4, -0.2) is 19.0 Å². The Balaban J connectivity index is 2.28. The third-order valence-electron chi connectivity index (χ3n) is 3.78. The summed E-state index contributed by atoms with van der Waals surface area (Å²) in [6, 6.07) is 0. The fourth-order valence-electron chi connectivity index (χ4n) is 1.94. The van der Waals surface area contributed by atoms with Crippen LogP contribution in [0.2, 0.25) is 0 Å². The summed E-state index contributed by atoms with van der Waals surface area (Å²) < 4.78 is 0. The second-order valence-corrected chi connectivity index (χ2v) is 5.21. The molecule has 1 fully saturated rings. The first kappa shape index (κ1) is 12.5. The topological polar surface area (TPSA) is 55.1 Å². The van der Waals surface area contributed by atoms with E-state index in [1.807, 2.05) is 6.92 Å². The van der Waals surface area contributed by atoms with Crippen LogP contribution in [0.3, 0.4) is 0 Å². The maximum atomic E-state index is 11.7. The molecule has 15 heavy (non-hydrogen) atoms. The predicted octanol–water partition coefficient (Wildman–Crippen LogP) is 1.52. The number of carbonyl (C=O) groups is 1. The fourth-order valence-corrected chi connectivity index (χ4v) is 1.94. The van der Waals surface area contributed by atoms with Crippen molar-refractivity contribution in [3.8, 4) is 0 Å². The quantitative estimate of drug-likeness (QED) is 0.701. The van der Waals surface area contributed by atoms with Gasteiger partial charge in [-0.1, -0.05) is 20.8 Å². The number of nitrogens with two attached hydrogens (primary N) is 1. The lowest BCUT2D eigenvalue weighted by Crippen LogP contribution is -2.36. The summed E-state index contributed by atoms with van der Waals surface area (Å²) in [4.78, 5) is 11.7. The van der Waals surface area contributed by atoms with E-state index in [9.17, 15) is 4.79 Å². The Morgan fingerprint density at radius 1 is 1.40 bits per heavy atom. The van der Waals surface area contributed by atoms with Crippen molar-refractivity contribution in [2.24, 2.45) is 23.0 Å². The molecule has 0 aromatic heterocycles. The number of carbonyl (C=O) groups excluding carboxylic acids is 1.